The first-order chi connectivity index (χ1) is 11.5. The highest BCUT2D eigenvalue weighted by Crippen LogP contribution is 2.24. The van der Waals surface area contributed by atoms with Gasteiger partial charge in [0.25, 0.3) is 5.24 Å². The maximum absolute atomic E-state index is 12.9. The second kappa shape index (κ2) is 7.14. The van der Waals surface area contributed by atoms with Crippen molar-refractivity contribution in [1.82, 2.24) is 10.6 Å². The normalized spacial score (nSPS) is 23.6. The standard InChI is InChI=1S/C14H11FN4O3S2/c15-8-3-1-7(2-4-8)9(20)5-10-12(21)17-13(24-10)19-18-11-6-23-14(22)16-11/h1-4,10H,5-6H2,(H,16,18,22)(H,17,19,21)/t10-/m1/s1. The Hall–Kier alpha value is -2.20. The number of carbonyl (C=O) groups excluding carboxylic acids is 3. The molecule has 2 aliphatic rings. The van der Waals surface area contributed by atoms with Crippen molar-refractivity contribution in [1.29, 1.82) is 0 Å². The van der Waals surface area contributed by atoms with E-state index in [1.807, 2.05) is 0 Å². The Balaban J connectivity index is 1.61. The monoisotopic (exact) mass is 366 g/mol. The number of carbonyl (C=O) groups is 3. The molecule has 1 aromatic carbocycles. The summed E-state index contributed by atoms with van der Waals surface area (Å²) in [7, 11) is 0. The molecule has 124 valence electrons. The summed E-state index contributed by atoms with van der Waals surface area (Å²) in [6, 6.07) is 5.17. The molecule has 2 fully saturated rings. The summed E-state index contributed by atoms with van der Waals surface area (Å²) in [4.78, 5) is 35.1. The molecule has 2 heterocycles. The van der Waals surface area contributed by atoms with E-state index in [-0.39, 0.29) is 28.5 Å². The highest BCUT2D eigenvalue weighted by atomic mass is 32.2. The lowest BCUT2D eigenvalue weighted by atomic mass is 10.1. The first kappa shape index (κ1) is 16.7. The molecule has 0 unspecified atom stereocenters. The van der Waals surface area contributed by atoms with Crippen LogP contribution < -0.4 is 10.6 Å². The van der Waals surface area contributed by atoms with Crippen molar-refractivity contribution < 1.29 is 18.8 Å². The lowest BCUT2D eigenvalue weighted by molar-refractivity contribution is -0.118. The fraction of sp³-hybridized carbons (Fsp3) is 0.214. The van der Waals surface area contributed by atoms with Gasteiger partial charge < -0.3 is 10.6 Å². The van der Waals surface area contributed by atoms with Gasteiger partial charge in [0.15, 0.2) is 11.0 Å². The fourth-order valence-corrected chi connectivity index (χ4v) is 3.50. The number of ketones is 1. The van der Waals surface area contributed by atoms with Gasteiger partial charge in [-0.2, -0.15) is 0 Å². The second-order valence-electron chi connectivity index (χ2n) is 4.88. The summed E-state index contributed by atoms with van der Waals surface area (Å²) >= 11 is 2.18. The van der Waals surface area contributed by atoms with E-state index in [1.165, 1.54) is 24.3 Å². The molecular weight excluding hydrogens is 355 g/mol. The zero-order chi connectivity index (χ0) is 17.1. The van der Waals surface area contributed by atoms with Crippen molar-refractivity contribution >= 4 is 51.5 Å². The molecule has 0 aliphatic carbocycles. The number of nitrogens with one attached hydrogen (secondary N) is 2. The minimum absolute atomic E-state index is 0.0235. The van der Waals surface area contributed by atoms with Gasteiger partial charge >= 0.3 is 0 Å². The summed E-state index contributed by atoms with van der Waals surface area (Å²) in [5, 5.41) is 12.3. The average Bonchev–Trinajstić information content (AvgIpc) is 3.12. The van der Waals surface area contributed by atoms with Crippen molar-refractivity contribution in [2.24, 2.45) is 10.2 Å². The number of halogens is 1. The second-order valence-corrected chi connectivity index (χ2v) is 7.02. The van der Waals surface area contributed by atoms with E-state index >= 15 is 0 Å². The summed E-state index contributed by atoms with van der Waals surface area (Å²) < 4.78 is 12.9. The van der Waals surface area contributed by atoms with Gasteiger partial charge in [0.1, 0.15) is 11.7 Å². The Bertz CT molecular complexity index is 764. The minimum atomic E-state index is -0.617. The molecule has 10 heteroatoms. The van der Waals surface area contributed by atoms with Gasteiger partial charge in [0.05, 0.1) is 11.0 Å². The third kappa shape index (κ3) is 4.01. The van der Waals surface area contributed by atoms with Gasteiger partial charge in [-0.15, -0.1) is 10.2 Å². The number of benzene rings is 1. The maximum Gasteiger partial charge on any atom is 0.284 e. The van der Waals surface area contributed by atoms with Crippen LogP contribution in [0.4, 0.5) is 9.18 Å². The van der Waals surface area contributed by atoms with Crippen molar-refractivity contribution in [3.63, 3.8) is 0 Å². The Morgan fingerprint density at radius 3 is 2.62 bits per heavy atom. The Kier molecular flexibility index (Phi) is 4.95. The summed E-state index contributed by atoms with van der Waals surface area (Å²) in [6.45, 7) is 0. The van der Waals surface area contributed by atoms with E-state index < -0.39 is 11.1 Å². The smallest absolute Gasteiger partial charge is 0.284 e. The molecule has 1 aromatic rings. The first-order valence-corrected chi connectivity index (χ1v) is 8.72. The van der Waals surface area contributed by atoms with Crippen molar-refractivity contribution in [2.75, 3.05) is 5.75 Å². The van der Waals surface area contributed by atoms with Crippen LogP contribution in [0.25, 0.3) is 0 Å². The van der Waals surface area contributed by atoms with E-state index in [4.69, 9.17) is 0 Å². The van der Waals surface area contributed by atoms with Gasteiger partial charge in [-0.3, -0.25) is 14.4 Å². The molecule has 2 N–H and O–H groups in total. The van der Waals surface area contributed by atoms with Crippen LogP contribution in [0.1, 0.15) is 16.8 Å². The highest BCUT2D eigenvalue weighted by Gasteiger charge is 2.32. The average molecular weight is 366 g/mol. The van der Waals surface area contributed by atoms with E-state index in [0.29, 0.717) is 17.2 Å². The Morgan fingerprint density at radius 2 is 1.96 bits per heavy atom. The molecular formula is C14H11FN4O3S2. The molecule has 2 amide bonds. The first-order valence-electron chi connectivity index (χ1n) is 6.86. The molecule has 0 bridgehead atoms. The summed E-state index contributed by atoms with van der Waals surface area (Å²) in [5.41, 5.74) is 0.348. The number of hydrogen-bond donors (Lipinski definition) is 2. The van der Waals surface area contributed by atoms with Crippen molar-refractivity contribution in [2.45, 2.75) is 11.7 Å². The zero-order valence-electron chi connectivity index (χ0n) is 12.1. The largest absolute Gasteiger partial charge is 0.303 e. The highest BCUT2D eigenvalue weighted by molar-refractivity contribution is 8.15. The van der Waals surface area contributed by atoms with E-state index in [9.17, 15) is 18.8 Å². The van der Waals surface area contributed by atoms with Crippen LogP contribution in [0.15, 0.2) is 34.5 Å². The SMILES string of the molecule is O=C1N/C(=N\N=C2\NC(=O)[C@@H](CC(=O)c3ccc(F)cc3)S2)CS1. The van der Waals surface area contributed by atoms with Crippen molar-refractivity contribution in [3.8, 4) is 0 Å². The molecule has 2 aliphatic heterocycles. The Morgan fingerprint density at radius 1 is 1.21 bits per heavy atom. The van der Waals surface area contributed by atoms with Crippen molar-refractivity contribution in [3.05, 3.63) is 35.6 Å². The maximum atomic E-state index is 12.9. The van der Waals surface area contributed by atoms with E-state index in [0.717, 1.165) is 23.5 Å². The lowest BCUT2D eigenvalue weighted by Crippen LogP contribution is -2.26. The van der Waals surface area contributed by atoms with E-state index in [1.54, 1.807) is 0 Å². The number of Topliss-reactive ketones (excluding diaryl/α,β-unsaturated/α-hetero) is 1. The van der Waals surface area contributed by atoms with Gasteiger partial charge in [0.2, 0.25) is 5.91 Å². The molecule has 24 heavy (non-hydrogen) atoms. The lowest BCUT2D eigenvalue weighted by Gasteiger charge is -2.04. The topological polar surface area (TPSA) is 100.0 Å². The van der Waals surface area contributed by atoms with Crippen LogP contribution in [-0.4, -0.2) is 38.9 Å². The van der Waals surface area contributed by atoms with Crippen LogP contribution in [0.3, 0.4) is 0 Å². The quantitative estimate of drug-likeness (QED) is 0.625. The van der Waals surface area contributed by atoms with Crippen LogP contribution >= 0.6 is 23.5 Å². The van der Waals surface area contributed by atoms with Crippen LogP contribution in [0.2, 0.25) is 0 Å². The number of amidine groups is 2. The number of rotatable bonds is 4. The molecule has 0 aromatic heterocycles. The van der Waals surface area contributed by atoms with Gasteiger partial charge in [-0.05, 0) is 24.3 Å². The van der Waals surface area contributed by atoms with Gasteiger partial charge in [-0.1, -0.05) is 23.5 Å². The molecule has 7 nitrogen and oxygen atoms in total. The van der Waals surface area contributed by atoms with E-state index in [2.05, 4.69) is 20.8 Å². The number of hydrogen-bond acceptors (Lipinski definition) is 7. The molecule has 0 radical (unpaired) electrons. The summed E-state index contributed by atoms with van der Waals surface area (Å²) in [6.07, 6.45) is -0.0235. The molecule has 0 saturated carbocycles. The molecule has 2 saturated heterocycles. The molecule has 1 atom stereocenters. The molecule has 3 rings (SSSR count). The predicted octanol–water partition coefficient (Wildman–Crippen LogP) is 1.76. The van der Waals surface area contributed by atoms with Crippen LogP contribution in [-0.2, 0) is 4.79 Å². The number of nitrogens with zero attached hydrogens (tertiary/aromatic N) is 2. The van der Waals surface area contributed by atoms with Crippen LogP contribution in [0.5, 0.6) is 0 Å². The van der Waals surface area contributed by atoms with Gasteiger partial charge in [0, 0.05) is 12.0 Å². The number of thioether (sulfide) groups is 2. The number of amides is 2. The third-order valence-electron chi connectivity index (χ3n) is 3.16. The zero-order valence-corrected chi connectivity index (χ0v) is 13.7. The summed E-state index contributed by atoms with van der Waals surface area (Å²) in [5.74, 6) is -0.196. The third-order valence-corrected chi connectivity index (χ3v) is 5.02. The fourth-order valence-electron chi connectivity index (χ4n) is 1.99. The minimum Gasteiger partial charge on any atom is -0.303 e. The van der Waals surface area contributed by atoms with Crippen LogP contribution in [0, 0.1) is 5.82 Å². The Labute approximate surface area is 144 Å². The van der Waals surface area contributed by atoms with Gasteiger partial charge in [-0.25, -0.2) is 4.39 Å². The molecule has 0 spiro atoms. The predicted molar refractivity (Wildman–Crippen MR) is 90.7 cm³/mol.